The predicted octanol–water partition coefficient (Wildman–Crippen LogP) is 4.48. The molecule has 17 heavy (non-hydrogen) atoms. The highest BCUT2D eigenvalue weighted by molar-refractivity contribution is 9.11. The number of nitrogens with two attached hydrogens (primary N) is 1. The second-order valence-corrected chi connectivity index (χ2v) is 6.98. The van der Waals surface area contributed by atoms with Crippen LogP contribution in [-0.4, -0.2) is 0 Å². The van der Waals surface area contributed by atoms with Gasteiger partial charge in [0.2, 0.25) is 0 Å². The molecule has 2 aromatic rings. The molecule has 0 radical (unpaired) electrons. The van der Waals surface area contributed by atoms with Crippen molar-refractivity contribution in [3.63, 3.8) is 0 Å². The number of rotatable bonds is 2. The van der Waals surface area contributed by atoms with Crippen molar-refractivity contribution < 1.29 is 0 Å². The first-order valence-electron chi connectivity index (χ1n) is 5.58. The van der Waals surface area contributed by atoms with Crippen molar-refractivity contribution in [1.82, 2.24) is 0 Å². The molecule has 0 aliphatic carbocycles. The minimum Gasteiger partial charge on any atom is -0.320 e. The molecule has 0 amide bonds. The fraction of sp³-hybridized carbons (Fsp3) is 0.286. The van der Waals surface area contributed by atoms with Gasteiger partial charge in [-0.25, -0.2) is 0 Å². The van der Waals surface area contributed by atoms with Gasteiger partial charge in [-0.15, -0.1) is 11.3 Å². The molecule has 1 aromatic heterocycles. The van der Waals surface area contributed by atoms with Crippen LogP contribution in [0.4, 0.5) is 0 Å². The molecule has 1 nitrogen and oxygen atoms in total. The highest BCUT2D eigenvalue weighted by atomic mass is 79.9. The summed E-state index contributed by atoms with van der Waals surface area (Å²) in [5.74, 6) is 0. The van der Waals surface area contributed by atoms with Gasteiger partial charge < -0.3 is 5.73 Å². The van der Waals surface area contributed by atoms with Gasteiger partial charge in [-0.3, -0.25) is 0 Å². The van der Waals surface area contributed by atoms with E-state index in [1.807, 2.05) is 0 Å². The van der Waals surface area contributed by atoms with Gasteiger partial charge in [-0.05, 0) is 65.0 Å². The van der Waals surface area contributed by atoms with Crippen molar-refractivity contribution in [3.8, 4) is 0 Å². The third-order valence-electron chi connectivity index (χ3n) is 3.11. The number of hydrogen-bond acceptors (Lipinski definition) is 2. The second kappa shape index (κ2) is 4.92. The Morgan fingerprint density at radius 2 is 1.76 bits per heavy atom. The average molecular weight is 310 g/mol. The van der Waals surface area contributed by atoms with Gasteiger partial charge >= 0.3 is 0 Å². The van der Waals surface area contributed by atoms with Gasteiger partial charge in [-0.2, -0.15) is 0 Å². The van der Waals surface area contributed by atoms with Crippen LogP contribution >= 0.6 is 27.3 Å². The lowest BCUT2D eigenvalue weighted by Gasteiger charge is -2.17. The Hall–Kier alpha value is -0.640. The van der Waals surface area contributed by atoms with Crippen LogP contribution < -0.4 is 5.73 Å². The summed E-state index contributed by atoms with van der Waals surface area (Å²) in [5.41, 5.74) is 11.4. The molecule has 0 saturated heterocycles. The van der Waals surface area contributed by atoms with Crippen molar-refractivity contribution in [3.05, 3.63) is 55.2 Å². The fourth-order valence-electron chi connectivity index (χ4n) is 2.24. The molecule has 0 bridgehead atoms. The maximum Gasteiger partial charge on any atom is 0.0704 e. The summed E-state index contributed by atoms with van der Waals surface area (Å²) < 4.78 is 1.15. The van der Waals surface area contributed by atoms with E-state index in [-0.39, 0.29) is 6.04 Å². The van der Waals surface area contributed by atoms with Gasteiger partial charge in [0.05, 0.1) is 9.83 Å². The van der Waals surface area contributed by atoms with E-state index in [4.69, 9.17) is 5.73 Å². The predicted molar refractivity (Wildman–Crippen MR) is 78.7 cm³/mol. The van der Waals surface area contributed by atoms with Crippen LogP contribution in [0.1, 0.15) is 33.2 Å². The largest absolute Gasteiger partial charge is 0.320 e. The molecule has 1 aromatic carbocycles. The Morgan fingerprint density at radius 3 is 2.24 bits per heavy atom. The molecular weight excluding hydrogens is 294 g/mol. The molecule has 2 rings (SSSR count). The van der Waals surface area contributed by atoms with Gasteiger partial charge in [0.15, 0.2) is 0 Å². The van der Waals surface area contributed by atoms with E-state index in [9.17, 15) is 0 Å². The van der Waals surface area contributed by atoms with Gasteiger partial charge in [0.25, 0.3) is 0 Å². The lowest BCUT2D eigenvalue weighted by Crippen LogP contribution is -2.14. The summed E-state index contributed by atoms with van der Waals surface area (Å²) in [6, 6.07) is 8.44. The van der Waals surface area contributed by atoms with E-state index < -0.39 is 0 Å². The number of benzene rings is 1. The number of aryl methyl sites for hydroxylation is 3. The third-order valence-corrected chi connectivity index (χ3v) is 4.68. The Kier molecular flexibility index (Phi) is 3.71. The van der Waals surface area contributed by atoms with Crippen LogP contribution in [-0.2, 0) is 0 Å². The quantitative estimate of drug-likeness (QED) is 0.869. The van der Waals surface area contributed by atoms with Crippen molar-refractivity contribution >= 4 is 27.3 Å². The fourth-order valence-corrected chi connectivity index (χ4v) is 4.00. The summed E-state index contributed by atoms with van der Waals surface area (Å²) in [4.78, 5) is 1.28. The van der Waals surface area contributed by atoms with E-state index in [1.54, 1.807) is 11.3 Å². The van der Waals surface area contributed by atoms with E-state index in [0.717, 1.165) is 3.79 Å². The molecular formula is C14H16BrNS. The molecule has 1 atom stereocenters. The first-order chi connectivity index (χ1) is 8.00. The number of halogens is 1. The highest BCUT2D eigenvalue weighted by Gasteiger charge is 2.17. The Labute approximate surface area is 115 Å². The lowest BCUT2D eigenvalue weighted by atomic mass is 9.92. The first-order valence-corrected chi connectivity index (χ1v) is 7.19. The molecule has 3 heteroatoms. The molecule has 90 valence electrons. The zero-order valence-electron chi connectivity index (χ0n) is 10.3. The summed E-state index contributed by atoms with van der Waals surface area (Å²) in [6.45, 7) is 6.37. The molecule has 1 heterocycles. The molecule has 0 aliphatic heterocycles. The Morgan fingerprint density at radius 1 is 1.18 bits per heavy atom. The van der Waals surface area contributed by atoms with Crippen LogP contribution in [0.2, 0.25) is 0 Å². The topological polar surface area (TPSA) is 26.0 Å². The van der Waals surface area contributed by atoms with E-state index in [1.165, 1.54) is 27.1 Å². The maximum atomic E-state index is 6.42. The lowest BCUT2D eigenvalue weighted by molar-refractivity contribution is 0.849. The average Bonchev–Trinajstić information content (AvgIpc) is 2.57. The third kappa shape index (κ3) is 2.46. The molecule has 0 saturated carbocycles. The molecule has 1 unspecified atom stereocenters. The van der Waals surface area contributed by atoms with Crippen LogP contribution in [0.15, 0.2) is 28.1 Å². The monoisotopic (exact) mass is 309 g/mol. The summed E-state index contributed by atoms with van der Waals surface area (Å²) in [7, 11) is 0. The number of thiophene rings is 1. The van der Waals surface area contributed by atoms with Crippen LogP contribution in [0.25, 0.3) is 0 Å². The van der Waals surface area contributed by atoms with Gasteiger partial charge in [-0.1, -0.05) is 18.2 Å². The molecule has 0 spiro atoms. The minimum atomic E-state index is -0.0289. The number of hydrogen-bond donors (Lipinski definition) is 1. The zero-order valence-corrected chi connectivity index (χ0v) is 12.7. The molecule has 0 fully saturated rings. The summed E-state index contributed by atoms with van der Waals surface area (Å²) in [5, 5.41) is 0. The minimum absolute atomic E-state index is 0.0289. The van der Waals surface area contributed by atoms with Crippen LogP contribution in [0, 0.1) is 20.8 Å². The van der Waals surface area contributed by atoms with Gasteiger partial charge in [0, 0.05) is 4.88 Å². The highest BCUT2D eigenvalue weighted by Crippen LogP contribution is 2.34. The van der Waals surface area contributed by atoms with Crippen molar-refractivity contribution in [1.29, 1.82) is 0 Å². The van der Waals surface area contributed by atoms with Crippen molar-refractivity contribution in [2.45, 2.75) is 26.8 Å². The SMILES string of the molecule is Cc1cccc(C)c1C(N)c1cc(Br)sc1C. The smallest absolute Gasteiger partial charge is 0.0704 e. The summed E-state index contributed by atoms with van der Waals surface area (Å²) in [6.07, 6.45) is 0. The Bertz CT molecular complexity index is 525. The van der Waals surface area contributed by atoms with E-state index in [0.29, 0.717) is 0 Å². The van der Waals surface area contributed by atoms with Crippen molar-refractivity contribution in [2.24, 2.45) is 5.73 Å². The van der Waals surface area contributed by atoms with Crippen LogP contribution in [0.3, 0.4) is 0 Å². The van der Waals surface area contributed by atoms with Gasteiger partial charge in [0.1, 0.15) is 0 Å². The normalized spacial score (nSPS) is 12.8. The maximum absolute atomic E-state index is 6.42. The summed E-state index contributed by atoms with van der Waals surface area (Å²) >= 11 is 5.26. The first kappa shape index (κ1) is 12.8. The van der Waals surface area contributed by atoms with Crippen molar-refractivity contribution in [2.75, 3.05) is 0 Å². The molecule has 2 N–H and O–H groups in total. The second-order valence-electron chi connectivity index (χ2n) is 4.35. The Balaban J connectivity index is 2.51. The zero-order chi connectivity index (χ0) is 12.6. The standard InChI is InChI=1S/C14H16BrNS/c1-8-5-4-6-9(2)13(8)14(16)11-7-12(15)17-10(11)3/h4-7,14H,16H2,1-3H3. The van der Waals surface area contributed by atoms with E-state index in [2.05, 4.69) is 61.0 Å². The van der Waals surface area contributed by atoms with E-state index >= 15 is 0 Å². The molecule has 0 aliphatic rings. The van der Waals surface area contributed by atoms with Crippen LogP contribution in [0.5, 0.6) is 0 Å².